The summed E-state index contributed by atoms with van der Waals surface area (Å²) in [6, 6.07) is 0. The Morgan fingerprint density at radius 3 is 2.50 bits per heavy atom. The highest BCUT2D eigenvalue weighted by atomic mass is 17.1. The van der Waals surface area contributed by atoms with Gasteiger partial charge >= 0.3 is 0 Å². The second-order valence-corrected chi connectivity index (χ2v) is 0.570. The number of allylic oxidation sites excluding steroid dienone is 1. The van der Waals surface area contributed by atoms with Crippen LogP contribution in [0.5, 0.6) is 0 Å². The third-order valence-corrected chi connectivity index (χ3v) is 0.218. The van der Waals surface area contributed by atoms with Crippen molar-refractivity contribution in [2.45, 2.75) is 0 Å². The van der Waals surface area contributed by atoms with Crippen molar-refractivity contribution in [1.29, 1.82) is 0 Å². The van der Waals surface area contributed by atoms with Crippen molar-refractivity contribution < 1.29 is 14.9 Å². The van der Waals surface area contributed by atoms with Gasteiger partial charge in [0.15, 0.2) is 0 Å². The zero-order valence-corrected chi connectivity index (χ0v) is 3.00. The summed E-state index contributed by atoms with van der Waals surface area (Å²) < 4.78 is 0. The molecule has 34 valence electrons. The minimum Gasteiger partial charge on any atom is -0.348 e. The standard InChI is InChI=1S/C3H4O3/c4-2-1-3-6-5/h1-3,5H. The first kappa shape index (κ1) is 5.17. The van der Waals surface area contributed by atoms with Crippen molar-refractivity contribution in [3.8, 4) is 0 Å². The van der Waals surface area contributed by atoms with E-state index in [0.29, 0.717) is 6.29 Å². The number of rotatable bonds is 2. The topological polar surface area (TPSA) is 46.5 Å². The molecule has 3 nitrogen and oxygen atoms in total. The second-order valence-electron chi connectivity index (χ2n) is 0.570. The summed E-state index contributed by atoms with van der Waals surface area (Å²) in [5, 5.41) is 7.45. The quantitative estimate of drug-likeness (QED) is 0.172. The van der Waals surface area contributed by atoms with Gasteiger partial charge in [0.1, 0.15) is 12.5 Å². The van der Waals surface area contributed by atoms with Crippen LogP contribution in [0, 0.1) is 0 Å². The van der Waals surface area contributed by atoms with Gasteiger partial charge in [0.25, 0.3) is 0 Å². The molecule has 0 aromatic heterocycles. The summed E-state index contributed by atoms with van der Waals surface area (Å²) in [6.45, 7) is 0. The van der Waals surface area contributed by atoms with Gasteiger partial charge in [-0.15, -0.1) is 0 Å². The van der Waals surface area contributed by atoms with E-state index >= 15 is 0 Å². The lowest BCUT2D eigenvalue weighted by Gasteiger charge is -1.72. The first-order valence-electron chi connectivity index (χ1n) is 1.32. The van der Waals surface area contributed by atoms with Gasteiger partial charge in [-0.05, 0) is 0 Å². The molecule has 0 rings (SSSR count). The van der Waals surface area contributed by atoms with Gasteiger partial charge in [0, 0.05) is 6.08 Å². The number of carbonyl (C=O) groups is 1. The monoisotopic (exact) mass is 88.0 g/mol. The van der Waals surface area contributed by atoms with Crippen molar-refractivity contribution in [3.63, 3.8) is 0 Å². The smallest absolute Gasteiger partial charge is 0.146 e. The van der Waals surface area contributed by atoms with Crippen LogP contribution in [0.2, 0.25) is 0 Å². The highest BCUT2D eigenvalue weighted by Gasteiger charge is 1.58. The fraction of sp³-hybridized carbons (Fsp3) is 0. The van der Waals surface area contributed by atoms with Crippen LogP contribution < -0.4 is 0 Å². The first-order chi connectivity index (χ1) is 2.91. The van der Waals surface area contributed by atoms with Crippen molar-refractivity contribution in [2.24, 2.45) is 0 Å². The van der Waals surface area contributed by atoms with Crippen LogP contribution in [0.4, 0.5) is 0 Å². The molecule has 0 aliphatic heterocycles. The number of aldehydes is 1. The molecule has 0 unspecified atom stereocenters. The SMILES string of the molecule is O=CC=COO. The van der Waals surface area contributed by atoms with Crippen LogP contribution in [-0.4, -0.2) is 11.5 Å². The van der Waals surface area contributed by atoms with Crippen LogP contribution in [0.15, 0.2) is 12.3 Å². The van der Waals surface area contributed by atoms with Gasteiger partial charge in [-0.1, -0.05) is 0 Å². The summed E-state index contributed by atoms with van der Waals surface area (Å²) in [4.78, 5) is 12.7. The molecule has 0 amide bonds. The van der Waals surface area contributed by atoms with Gasteiger partial charge in [0.05, 0.1) is 0 Å². The molecule has 0 spiro atoms. The Kier molecular flexibility index (Phi) is 3.59. The van der Waals surface area contributed by atoms with E-state index in [0.717, 1.165) is 12.3 Å². The molecule has 0 radical (unpaired) electrons. The average Bonchev–Trinajstić information content (AvgIpc) is 1.61. The van der Waals surface area contributed by atoms with Crippen LogP contribution in [0.3, 0.4) is 0 Å². The predicted molar refractivity (Wildman–Crippen MR) is 18.9 cm³/mol. The van der Waals surface area contributed by atoms with E-state index in [-0.39, 0.29) is 0 Å². The number of carbonyl (C=O) groups excluding carboxylic acids is 1. The van der Waals surface area contributed by atoms with Crippen LogP contribution in [0.25, 0.3) is 0 Å². The van der Waals surface area contributed by atoms with Crippen molar-refractivity contribution in [3.05, 3.63) is 12.3 Å². The first-order valence-corrected chi connectivity index (χ1v) is 1.32. The molecule has 0 heterocycles. The highest BCUT2D eigenvalue weighted by molar-refractivity contribution is 5.63. The van der Waals surface area contributed by atoms with Crippen molar-refractivity contribution in [2.75, 3.05) is 0 Å². The minimum atomic E-state index is 0.496. The third kappa shape index (κ3) is 3.17. The number of hydrogen-bond donors (Lipinski definition) is 1. The Labute approximate surface area is 34.8 Å². The predicted octanol–water partition coefficient (Wildman–Crippen LogP) is 0.189. The van der Waals surface area contributed by atoms with Gasteiger partial charge in [-0.2, -0.15) is 0 Å². The zero-order chi connectivity index (χ0) is 4.83. The molecule has 0 saturated carbocycles. The Hall–Kier alpha value is -0.830. The van der Waals surface area contributed by atoms with Gasteiger partial charge < -0.3 is 4.89 Å². The van der Waals surface area contributed by atoms with Gasteiger partial charge in [-0.3, -0.25) is 4.79 Å². The molecule has 0 aliphatic carbocycles. The van der Waals surface area contributed by atoms with Gasteiger partial charge in [-0.25, -0.2) is 5.26 Å². The maximum Gasteiger partial charge on any atom is 0.146 e. The largest absolute Gasteiger partial charge is 0.348 e. The molecule has 0 atom stereocenters. The fourth-order valence-electron chi connectivity index (χ4n) is 0.0672. The Balaban J connectivity index is 2.94. The summed E-state index contributed by atoms with van der Waals surface area (Å²) in [5.41, 5.74) is 0. The summed E-state index contributed by atoms with van der Waals surface area (Å²) in [5.74, 6) is 0. The van der Waals surface area contributed by atoms with E-state index in [9.17, 15) is 4.79 Å². The van der Waals surface area contributed by atoms with Gasteiger partial charge in [0.2, 0.25) is 0 Å². The van der Waals surface area contributed by atoms with E-state index in [2.05, 4.69) is 4.89 Å². The number of hydrogen-bond acceptors (Lipinski definition) is 3. The van der Waals surface area contributed by atoms with Crippen molar-refractivity contribution >= 4 is 6.29 Å². The lowest BCUT2D eigenvalue weighted by atomic mass is 10.7. The summed E-state index contributed by atoms with van der Waals surface area (Å²) >= 11 is 0. The molecular weight excluding hydrogens is 84.0 g/mol. The lowest BCUT2D eigenvalue weighted by Crippen LogP contribution is -1.64. The molecule has 6 heavy (non-hydrogen) atoms. The van der Waals surface area contributed by atoms with E-state index < -0.39 is 0 Å². The minimum absolute atomic E-state index is 0.496. The average molecular weight is 88.1 g/mol. The second kappa shape index (κ2) is 4.17. The van der Waals surface area contributed by atoms with Crippen LogP contribution in [0.1, 0.15) is 0 Å². The molecule has 0 saturated heterocycles. The molecule has 1 N–H and O–H groups in total. The fourth-order valence-corrected chi connectivity index (χ4v) is 0.0672. The summed E-state index contributed by atoms with van der Waals surface area (Å²) in [6.07, 6.45) is 2.39. The van der Waals surface area contributed by atoms with E-state index in [1.165, 1.54) is 0 Å². The molecule has 0 aromatic rings. The molecule has 0 fully saturated rings. The summed E-state index contributed by atoms with van der Waals surface area (Å²) in [7, 11) is 0. The molecule has 0 aliphatic rings. The van der Waals surface area contributed by atoms with E-state index in [4.69, 9.17) is 5.26 Å². The molecule has 3 heteroatoms. The third-order valence-electron chi connectivity index (χ3n) is 0.218. The van der Waals surface area contributed by atoms with Crippen molar-refractivity contribution in [1.82, 2.24) is 0 Å². The Morgan fingerprint density at radius 2 is 2.33 bits per heavy atom. The molecular formula is C3H4O3. The van der Waals surface area contributed by atoms with Crippen LogP contribution >= 0.6 is 0 Å². The zero-order valence-electron chi connectivity index (χ0n) is 3.00. The van der Waals surface area contributed by atoms with Crippen LogP contribution in [-0.2, 0) is 9.68 Å². The van der Waals surface area contributed by atoms with E-state index in [1.54, 1.807) is 0 Å². The Morgan fingerprint density at radius 1 is 1.67 bits per heavy atom. The maximum atomic E-state index is 9.29. The molecule has 0 aromatic carbocycles. The lowest BCUT2D eigenvalue weighted by molar-refractivity contribution is -0.186. The molecule has 0 bridgehead atoms. The normalized spacial score (nSPS) is 8.83. The highest BCUT2D eigenvalue weighted by Crippen LogP contribution is 1.62. The Bertz CT molecular complexity index is 57.1. The van der Waals surface area contributed by atoms with E-state index in [1.807, 2.05) is 0 Å². The maximum absolute atomic E-state index is 9.29.